The van der Waals surface area contributed by atoms with Crippen molar-refractivity contribution < 1.29 is 61.1 Å². The molecule has 5 N–H and O–H groups in total. The third-order valence-electron chi connectivity index (χ3n) is 16.5. The molecule has 25 heteroatoms. The number of rotatable bonds is 23. The number of phosphoric ester groups is 1. The second kappa shape index (κ2) is 28.7. The Balaban J connectivity index is 0.825. The fourth-order valence-corrected chi connectivity index (χ4v) is 14.4. The van der Waals surface area contributed by atoms with Crippen LogP contribution in [0, 0.1) is 33.6 Å². The lowest BCUT2D eigenvalue weighted by Crippen LogP contribution is -2.45. The van der Waals surface area contributed by atoms with E-state index in [1.165, 1.54) is 25.3 Å². The van der Waals surface area contributed by atoms with Crippen molar-refractivity contribution in [3.8, 4) is 0 Å². The van der Waals surface area contributed by atoms with Crippen LogP contribution < -0.4 is 40.2 Å². The van der Waals surface area contributed by atoms with E-state index in [0.29, 0.717) is 29.7 Å². The number of carbonyl (C=O) groups is 5. The van der Waals surface area contributed by atoms with Crippen molar-refractivity contribution in [3.63, 3.8) is 0 Å². The normalized spacial score (nSPS) is 19.7. The van der Waals surface area contributed by atoms with Gasteiger partial charge in [-0.1, -0.05) is 52.8 Å². The molecule has 1 saturated heterocycles. The van der Waals surface area contributed by atoms with Crippen molar-refractivity contribution in [3.05, 3.63) is 162 Å². The summed E-state index contributed by atoms with van der Waals surface area (Å²) in [6, 6.07) is 24.3. The second-order valence-electron chi connectivity index (χ2n) is 22.5. The number of nitrogens with zero attached hydrogens (tertiary/aromatic N) is 5. The zero-order valence-electron chi connectivity index (χ0n) is 51.1. The van der Waals surface area contributed by atoms with Gasteiger partial charge < -0.3 is 40.1 Å². The topological polar surface area (TPSA) is 225 Å². The fraction of sp³-hybridized carbons (Fsp3) is 0.338. The molecular formula is C65H72Cl2N9O11PS2+2. The third kappa shape index (κ3) is 15.5. The number of hydrogen-bond donors (Lipinski definition) is 5. The molecule has 5 atom stereocenters. The van der Waals surface area contributed by atoms with Gasteiger partial charge in [0.1, 0.15) is 33.3 Å². The van der Waals surface area contributed by atoms with Crippen LogP contribution in [0.3, 0.4) is 0 Å². The number of hydrogen-bond acceptors (Lipinski definition) is 15. The first-order valence-electron chi connectivity index (χ1n) is 29.3. The van der Waals surface area contributed by atoms with Gasteiger partial charge in [-0.25, -0.2) is 13.7 Å². The molecule has 0 bridgehead atoms. The standard InChI is InChI=1S/C65H70Cl2N9O11PS2/c1-38-25-52-57(27-40(38)3)89-62(30-42-15-20-72(5)50-12-10-45(66)32-47(42)50)75(52)35-60(78)69-18-23-74(22-17-68-59(77)14-9-44-29-49(65(81)71-64(44)80)54-34-55(84-7)56(87-54)37-86-88(82,83)85-8)24-19-70-61(79)36-76-53-26-39(2)41(4)28-58(53)90-63(76)31-43-16-21-73(6)51-13-11-46(67)33-48(43)51/h9-16,20-21,25-33,49,54-56H,17-19,22-24,34-37H2,1-8H3,(H3-2,68,69,70,71,77,78,79,80,81,82,83)/p+2/b14-9+. The van der Waals surface area contributed by atoms with Crippen LogP contribution in [-0.2, 0) is 61.2 Å². The van der Waals surface area contributed by atoms with Crippen LogP contribution in [0.4, 0.5) is 11.4 Å². The SMILES string of the molecule is COC1CC(C2C=C(/C=C/C(=O)NCCN(CCNC(=O)CN3/C(=C/c4cc[n+](C)c5ccc(Cl)cc45)Sc4cc(C)c(C)cc43)CCNC(=O)CN3/C(=C/c4cc[n+](C)c5ccc(Cl)cc45)Sc4cc(C)c(C)cc43)C(=O)NC2=O)OC1COP(=O)(O)OC. The summed E-state index contributed by atoms with van der Waals surface area (Å²) in [5, 5.41) is 16.4. The minimum atomic E-state index is -4.33. The maximum atomic E-state index is 14.2. The van der Waals surface area contributed by atoms with Crippen LogP contribution in [-0.4, -0.2) is 131 Å². The highest BCUT2D eigenvalue weighted by Gasteiger charge is 2.44. The smallest absolute Gasteiger partial charge is 0.379 e. The van der Waals surface area contributed by atoms with Gasteiger partial charge in [-0.3, -0.25) is 43.2 Å². The highest BCUT2D eigenvalue weighted by atomic mass is 35.5. The molecule has 4 aliphatic heterocycles. The van der Waals surface area contributed by atoms with E-state index in [2.05, 4.69) is 89.9 Å². The second-order valence-corrected chi connectivity index (χ2v) is 27.1. The number of fused-ring (bicyclic) bond motifs is 4. The Labute approximate surface area is 541 Å². The fourth-order valence-electron chi connectivity index (χ4n) is 11.2. The van der Waals surface area contributed by atoms with Gasteiger partial charge in [0.15, 0.2) is 12.4 Å². The molecule has 6 heterocycles. The predicted molar refractivity (Wildman–Crippen MR) is 351 cm³/mol. The number of pyridine rings is 2. The minimum Gasteiger partial charge on any atom is -0.379 e. The molecule has 0 spiro atoms. The first kappa shape index (κ1) is 66.0. The number of thioether (sulfide) groups is 2. The number of aromatic nitrogens is 2. The van der Waals surface area contributed by atoms with E-state index in [4.69, 9.17) is 37.2 Å². The number of carbonyl (C=O) groups excluding carboxylic acids is 5. The lowest BCUT2D eigenvalue weighted by molar-refractivity contribution is -0.645. The number of imide groups is 1. The van der Waals surface area contributed by atoms with E-state index in [0.717, 1.165) is 93.5 Å². The first-order valence-corrected chi connectivity index (χ1v) is 33.2. The highest BCUT2D eigenvalue weighted by Crippen LogP contribution is 2.50. The molecule has 6 aromatic rings. The number of ether oxygens (including phenoxy) is 2. The quantitative estimate of drug-likeness (QED) is 0.0177. The van der Waals surface area contributed by atoms with Crippen molar-refractivity contribution >= 4 is 129 Å². The third-order valence-corrected chi connectivity index (χ3v) is 20.1. The Hall–Kier alpha value is -6.92. The van der Waals surface area contributed by atoms with Gasteiger partial charge in [0.2, 0.25) is 34.7 Å². The van der Waals surface area contributed by atoms with Gasteiger partial charge in [0.05, 0.1) is 56.9 Å². The summed E-state index contributed by atoms with van der Waals surface area (Å²) in [5.74, 6) is -3.21. The highest BCUT2D eigenvalue weighted by molar-refractivity contribution is 8.04. The van der Waals surface area contributed by atoms with Crippen LogP contribution in [0.15, 0.2) is 129 Å². The van der Waals surface area contributed by atoms with Gasteiger partial charge in [0, 0.05) is 116 Å². The lowest BCUT2D eigenvalue weighted by Gasteiger charge is -2.25. The number of nitrogens with one attached hydrogen (secondary N) is 4. The van der Waals surface area contributed by atoms with Crippen LogP contribution >= 0.6 is 54.5 Å². The van der Waals surface area contributed by atoms with Crippen LogP contribution in [0.2, 0.25) is 10.0 Å². The van der Waals surface area contributed by atoms with Gasteiger partial charge in [-0.05, 0) is 128 Å². The molecule has 5 unspecified atom stereocenters. The summed E-state index contributed by atoms with van der Waals surface area (Å²) < 4.78 is 37.1. The van der Waals surface area contributed by atoms with Gasteiger partial charge >= 0.3 is 7.82 Å². The average Bonchev–Trinajstić information content (AvgIpc) is 1.64. The van der Waals surface area contributed by atoms with Crippen LogP contribution in [0.25, 0.3) is 34.0 Å². The zero-order chi connectivity index (χ0) is 64.1. The Morgan fingerprint density at radius 1 is 0.756 bits per heavy atom. The van der Waals surface area contributed by atoms with Crippen molar-refractivity contribution in [1.82, 2.24) is 26.2 Å². The molecule has 20 nitrogen and oxygen atoms in total. The van der Waals surface area contributed by atoms with Crippen molar-refractivity contribution in [2.75, 3.05) is 83.0 Å². The molecule has 1 fully saturated rings. The van der Waals surface area contributed by atoms with E-state index < -0.39 is 49.8 Å². The minimum absolute atomic E-state index is 0.0379. The molecule has 10 rings (SSSR count). The van der Waals surface area contributed by atoms with E-state index in [-0.39, 0.29) is 63.1 Å². The molecule has 0 saturated carbocycles. The monoisotopic (exact) mass is 1320 g/mol. The van der Waals surface area contributed by atoms with Crippen LogP contribution in [0.5, 0.6) is 0 Å². The van der Waals surface area contributed by atoms with Gasteiger partial charge in [-0.15, -0.1) is 0 Å². The van der Waals surface area contributed by atoms with Crippen molar-refractivity contribution in [1.29, 1.82) is 0 Å². The number of anilines is 2. The zero-order valence-corrected chi connectivity index (χ0v) is 55.2. The summed E-state index contributed by atoms with van der Waals surface area (Å²) in [4.78, 5) is 85.9. The molecule has 2 aromatic heterocycles. The Bertz CT molecular complexity index is 3840. The summed E-state index contributed by atoms with van der Waals surface area (Å²) in [5.41, 5.74) is 10.3. The largest absolute Gasteiger partial charge is 0.472 e. The number of methoxy groups -OCH3 is 1. The summed E-state index contributed by atoms with van der Waals surface area (Å²) in [6.45, 7) is 9.66. The molecule has 4 aromatic carbocycles. The van der Waals surface area contributed by atoms with E-state index in [1.54, 1.807) is 23.5 Å². The molecule has 0 aliphatic carbocycles. The number of aryl methyl sites for hydroxylation is 6. The van der Waals surface area contributed by atoms with Crippen molar-refractivity contribution in [2.45, 2.75) is 62.2 Å². The lowest BCUT2D eigenvalue weighted by atomic mass is 9.92. The molecule has 4 aliphatic rings. The molecule has 0 radical (unpaired) electrons. The van der Waals surface area contributed by atoms with Gasteiger partial charge in [0.25, 0.3) is 5.91 Å². The number of halogens is 2. The predicted octanol–water partition coefficient (Wildman–Crippen LogP) is 8.05. The summed E-state index contributed by atoms with van der Waals surface area (Å²) >= 11 is 16.3. The summed E-state index contributed by atoms with van der Waals surface area (Å²) in [6.07, 6.45) is 10.1. The Kier molecular flexibility index (Phi) is 21.1. The Morgan fingerprint density at radius 2 is 1.26 bits per heavy atom. The van der Waals surface area contributed by atoms with Crippen LogP contribution in [0.1, 0.15) is 39.8 Å². The summed E-state index contributed by atoms with van der Waals surface area (Å²) in [7, 11) is 2.12. The number of amides is 5. The maximum absolute atomic E-state index is 14.2. The van der Waals surface area contributed by atoms with E-state index in [9.17, 15) is 33.4 Å². The number of benzene rings is 4. The molecular weight excluding hydrogens is 1250 g/mol. The van der Waals surface area contributed by atoms with E-state index >= 15 is 0 Å². The average molecular weight is 1320 g/mol. The molecule has 472 valence electrons. The first-order chi connectivity index (χ1) is 43.0. The molecule has 90 heavy (non-hydrogen) atoms. The molecule has 5 amide bonds. The van der Waals surface area contributed by atoms with Gasteiger partial charge in [-0.2, -0.15) is 0 Å². The number of phosphoric acid groups is 1. The van der Waals surface area contributed by atoms with Crippen molar-refractivity contribution in [2.24, 2.45) is 20.0 Å². The van der Waals surface area contributed by atoms with E-state index in [1.807, 2.05) is 98.9 Å². The Morgan fingerprint density at radius 3 is 1.76 bits per heavy atom. The maximum Gasteiger partial charge on any atom is 0.472 e.